The second-order valence-electron chi connectivity index (χ2n) is 12.9. The van der Waals surface area contributed by atoms with Crippen LogP contribution in [-0.2, 0) is 21.7 Å². The largest absolute Gasteiger partial charge is 3.00 e. The number of hydrogen-bond donors (Lipinski definition) is 0. The van der Waals surface area contributed by atoms with Gasteiger partial charge in [-0.2, -0.15) is 11.1 Å². The number of aryl methyl sites for hydroxylation is 2. The van der Waals surface area contributed by atoms with Crippen LogP contribution in [0.2, 0.25) is 17.6 Å². The summed E-state index contributed by atoms with van der Waals surface area (Å²) in [6.07, 6.45) is 27.0. The average molecular weight is 600 g/mol. The predicted molar refractivity (Wildman–Crippen MR) is 184 cm³/mol. The molecule has 0 aromatic heterocycles. The van der Waals surface area contributed by atoms with E-state index in [2.05, 4.69) is 79.3 Å². The van der Waals surface area contributed by atoms with Crippen molar-refractivity contribution >= 4 is 13.3 Å². The van der Waals surface area contributed by atoms with Crippen LogP contribution in [0.1, 0.15) is 148 Å². The topological polar surface area (TPSA) is 0 Å². The van der Waals surface area contributed by atoms with Crippen LogP contribution in [0, 0.1) is 34.8 Å². The van der Waals surface area contributed by atoms with E-state index in [-0.39, 0.29) is 41.6 Å². The smallest absolute Gasteiger partial charge is 0.358 e. The number of rotatable bonds is 19. The number of hydrogen-bond acceptors (Lipinski definition) is 0. The summed E-state index contributed by atoms with van der Waals surface area (Å²) in [7, 11) is -1.82. The normalized spacial score (nSPS) is 17.9. The molecule has 1 radical (unpaired) electrons. The minimum Gasteiger partial charge on any atom is -0.358 e. The summed E-state index contributed by atoms with van der Waals surface area (Å²) in [6, 6.07) is 8.72. The van der Waals surface area contributed by atoms with Crippen molar-refractivity contribution in [2.45, 2.75) is 169 Å². The van der Waals surface area contributed by atoms with E-state index in [9.17, 15) is 0 Å². The number of allylic oxidation sites excluding steroid dienone is 4. The van der Waals surface area contributed by atoms with Gasteiger partial charge in [0.2, 0.25) is 0 Å². The SMILES string of the molecule is CCCCCCCCCCCCCCCCCC[Si](C)(c1cc(C)cc(C)c1)C1(C)[C-]=C(C)C(C)=C1C.[CH3-].[CH3-].[Ti+3]. The third-order valence-electron chi connectivity index (χ3n) is 9.81. The monoisotopic (exact) mass is 599 g/mol. The quantitative estimate of drug-likeness (QED) is 0.0843. The van der Waals surface area contributed by atoms with Crippen molar-refractivity contribution < 1.29 is 21.7 Å². The first kappa shape index (κ1) is 41.8. The van der Waals surface area contributed by atoms with Gasteiger partial charge in [0, 0.05) is 0 Å². The molecule has 0 N–H and O–H groups in total. The van der Waals surface area contributed by atoms with Crippen LogP contribution in [0.25, 0.3) is 0 Å². The fourth-order valence-electron chi connectivity index (χ4n) is 6.77. The molecule has 0 spiro atoms. The molecule has 0 saturated heterocycles. The van der Waals surface area contributed by atoms with Gasteiger partial charge in [-0.25, -0.2) is 5.57 Å². The molecule has 2 atom stereocenters. The van der Waals surface area contributed by atoms with Crippen LogP contribution in [0.15, 0.2) is 34.9 Å². The molecule has 0 bridgehead atoms. The predicted octanol–water partition coefficient (Wildman–Crippen LogP) is 12.6. The Morgan fingerprint density at radius 1 is 0.625 bits per heavy atom. The summed E-state index contributed by atoms with van der Waals surface area (Å²) in [5.74, 6) is 0. The van der Waals surface area contributed by atoms with Crippen molar-refractivity contribution in [1.29, 1.82) is 0 Å². The van der Waals surface area contributed by atoms with Crippen molar-refractivity contribution in [1.82, 2.24) is 0 Å². The summed E-state index contributed by atoms with van der Waals surface area (Å²) < 4.78 is 0. The zero-order valence-electron chi connectivity index (χ0n) is 28.8. The second kappa shape index (κ2) is 21.3. The molecule has 227 valence electrons. The van der Waals surface area contributed by atoms with E-state index in [1.165, 1.54) is 131 Å². The molecule has 2 heteroatoms. The summed E-state index contributed by atoms with van der Waals surface area (Å²) in [4.78, 5) is 0. The van der Waals surface area contributed by atoms with E-state index in [1.807, 2.05) is 0 Å². The van der Waals surface area contributed by atoms with Gasteiger partial charge >= 0.3 is 21.7 Å². The third kappa shape index (κ3) is 12.1. The standard InChI is InChI=1S/C36H61Si.2CH3.Ti/c1-9-10-11-12-13-14-15-16-17-18-19-20-21-22-23-24-25-37(8,35-27-30(2)26-31(3)28-35)36(7)29-32(4)33(5)34(36)6;;;/h26-28H,9-25H2,1-8H3;2*1H3;/q3*-1;+3. The molecular weight excluding hydrogens is 532 g/mol. The van der Waals surface area contributed by atoms with Crippen LogP contribution < -0.4 is 5.19 Å². The Kier molecular flexibility index (Phi) is 22.3. The molecule has 40 heavy (non-hydrogen) atoms. The molecule has 0 aliphatic heterocycles. The average Bonchev–Trinajstić information content (AvgIpc) is 3.06. The molecular formula is C38H67SiTi. The molecule has 0 amide bonds. The molecule has 2 rings (SSSR count). The fourth-order valence-corrected chi connectivity index (χ4v) is 11.7. The summed E-state index contributed by atoms with van der Waals surface area (Å²) in [6.45, 7) is 19.0. The van der Waals surface area contributed by atoms with E-state index in [0.717, 1.165) is 0 Å². The first-order valence-electron chi connectivity index (χ1n) is 16.0. The second-order valence-corrected chi connectivity index (χ2v) is 17.6. The van der Waals surface area contributed by atoms with Gasteiger partial charge in [0.25, 0.3) is 0 Å². The maximum atomic E-state index is 4.02. The van der Waals surface area contributed by atoms with Crippen molar-refractivity contribution in [3.63, 3.8) is 0 Å². The Morgan fingerprint density at radius 2 is 1.00 bits per heavy atom. The molecule has 0 saturated carbocycles. The summed E-state index contributed by atoms with van der Waals surface area (Å²) in [5, 5.41) is 1.75. The first-order valence-corrected chi connectivity index (χ1v) is 18.7. The van der Waals surface area contributed by atoms with Crippen LogP contribution >= 0.6 is 0 Å². The molecule has 1 aliphatic rings. The molecule has 0 nitrogen and oxygen atoms in total. The third-order valence-corrected chi connectivity index (χ3v) is 15.4. The maximum absolute atomic E-state index is 4.02. The van der Waals surface area contributed by atoms with E-state index in [0.29, 0.717) is 0 Å². The van der Waals surface area contributed by atoms with Gasteiger partial charge in [0.05, 0.1) is 8.07 Å². The zero-order valence-corrected chi connectivity index (χ0v) is 31.3. The Bertz CT molecular complexity index is 861. The minimum absolute atomic E-state index is 0. The van der Waals surface area contributed by atoms with Gasteiger partial charge in [-0.05, 0) is 13.8 Å². The van der Waals surface area contributed by atoms with Crippen LogP contribution in [0.4, 0.5) is 0 Å². The van der Waals surface area contributed by atoms with Gasteiger partial charge in [-0.3, -0.25) is 6.08 Å². The van der Waals surface area contributed by atoms with Gasteiger partial charge in [-0.1, -0.05) is 183 Å². The fraction of sp³-hybridized carbons (Fsp3) is 0.684. The van der Waals surface area contributed by atoms with E-state index in [1.54, 1.807) is 10.8 Å². The molecule has 0 fully saturated rings. The maximum Gasteiger partial charge on any atom is 3.00 e. The van der Waals surface area contributed by atoms with Crippen LogP contribution in [0.5, 0.6) is 0 Å². The Morgan fingerprint density at radius 3 is 1.35 bits per heavy atom. The van der Waals surface area contributed by atoms with Crippen molar-refractivity contribution in [3.05, 3.63) is 67.0 Å². The number of unbranched alkanes of at least 4 members (excludes halogenated alkanes) is 15. The van der Waals surface area contributed by atoms with Gasteiger partial charge in [-0.15, -0.1) is 6.92 Å². The summed E-state index contributed by atoms with van der Waals surface area (Å²) in [5.41, 5.74) is 7.28. The molecule has 1 aromatic carbocycles. The van der Waals surface area contributed by atoms with Crippen LogP contribution in [0.3, 0.4) is 0 Å². The van der Waals surface area contributed by atoms with Crippen molar-refractivity contribution in [2.75, 3.05) is 0 Å². The van der Waals surface area contributed by atoms with E-state index >= 15 is 0 Å². The van der Waals surface area contributed by atoms with Crippen LogP contribution in [-0.4, -0.2) is 8.07 Å². The summed E-state index contributed by atoms with van der Waals surface area (Å²) >= 11 is 0. The van der Waals surface area contributed by atoms with Crippen molar-refractivity contribution in [2.24, 2.45) is 0 Å². The van der Waals surface area contributed by atoms with E-state index < -0.39 is 8.07 Å². The first-order chi connectivity index (χ1) is 17.7. The Labute approximate surface area is 269 Å². The van der Waals surface area contributed by atoms with Gasteiger partial charge < -0.3 is 14.9 Å². The molecule has 2 unspecified atom stereocenters. The Hall–Kier alpha value is -0.369. The Balaban J connectivity index is 0. The minimum atomic E-state index is -1.82. The molecule has 0 heterocycles. The van der Waals surface area contributed by atoms with Gasteiger partial charge in [0.15, 0.2) is 0 Å². The van der Waals surface area contributed by atoms with Crippen molar-refractivity contribution in [3.8, 4) is 0 Å². The number of benzene rings is 1. The zero-order chi connectivity index (χ0) is 27.3. The van der Waals surface area contributed by atoms with E-state index in [4.69, 9.17) is 0 Å². The van der Waals surface area contributed by atoms with Gasteiger partial charge in [0.1, 0.15) is 0 Å². The molecule has 1 aliphatic carbocycles. The molecule has 1 aromatic rings.